The molecule has 0 unspecified atom stereocenters. The Morgan fingerprint density at radius 1 is 1.26 bits per heavy atom. The highest BCUT2D eigenvalue weighted by Crippen LogP contribution is 2.14. The molecule has 7 nitrogen and oxygen atoms in total. The molecule has 1 aromatic carbocycles. The van der Waals surface area contributed by atoms with Crippen molar-refractivity contribution in [2.75, 3.05) is 40.4 Å². The van der Waals surface area contributed by atoms with Crippen molar-refractivity contribution in [2.24, 2.45) is 4.99 Å². The fraction of sp³-hybridized carbons (Fsp3) is 0.462. The van der Waals surface area contributed by atoms with Gasteiger partial charge in [-0.25, -0.2) is 13.1 Å². The number of sulfonamides is 1. The van der Waals surface area contributed by atoms with Gasteiger partial charge in [-0.15, -0.1) is 24.0 Å². The summed E-state index contributed by atoms with van der Waals surface area (Å²) in [7, 11) is -0.312. The summed E-state index contributed by atoms with van der Waals surface area (Å²) in [4.78, 5) is 4.15. The summed E-state index contributed by atoms with van der Waals surface area (Å²) in [6.07, 6.45) is 0. The zero-order chi connectivity index (χ0) is 16.4. The van der Waals surface area contributed by atoms with Crippen molar-refractivity contribution in [3.05, 3.63) is 29.3 Å². The summed E-state index contributed by atoms with van der Waals surface area (Å²) in [6, 6.07) is 6.12. The number of ether oxygens (including phenoxy) is 1. The molecule has 0 saturated carbocycles. The number of halogens is 2. The van der Waals surface area contributed by atoms with Gasteiger partial charge in [0.05, 0.1) is 11.5 Å². The maximum atomic E-state index is 12.0. The Morgan fingerprint density at radius 2 is 1.96 bits per heavy atom. The van der Waals surface area contributed by atoms with Gasteiger partial charge in [0.25, 0.3) is 0 Å². The highest BCUT2D eigenvalue weighted by molar-refractivity contribution is 14.0. The van der Waals surface area contributed by atoms with Crippen molar-refractivity contribution in [2.45, 2.75) is 4.90 Å². The second-order valence-corrected chi connectivity index (χ2v) is 6.48. The van der Waals surface area contributed by atoms with Crippen LogP contribution in [0.4, 0.5) is 0 Å². The number of hydrogen-bond donors (Lipinski definition) is 3. The fourth-order valence-electron chi connectivity index (χ4n) is 1.58. The molecule has 0 bridgehead atoms. The number of methoxy groups -OCH3 is 1. The predicted molar refractivity (Wildman–Crippen MR) is 103 cm³/mol. The number of guanidine groups is 1. The lowest BCUT2D eigenvalue weighted by Crippen LogP contribution is -2.42. The zero-order valence-corrected chi connectivity index (χ0v) is 16.9. The Kier molecular flexibility index (Phi) is 11.5. The molecule has 3 N–H and O–H groups in total. The van der Waals surface area contributed by atoms with Crippen LogP contribution in [0.25, 0.3) is 0 Å². The quantitative estimate of drug-likeness (QED) is 0.226. The molecule has 23 heavy (non-hydrogen) atoms. The molecular weight excluding hydrogens is 455 g/mol. The second-order valence-electron chi connectivity index (χ2n) is 4.27. The van der Waals surface area contributed by atoms with Gasteiger partial charge in [-0.3, -0.25) is 4.99 Å². The summed E-state index contributed by atoms with van der Waals surface area (Å²) in [6.45, 7) is 1.79. The summed E-state index contributed by atoms with van der Waals surface area (Å²) in [5.74, 6) is 0.582. The van der Waals surface area contributed by atoms with Crippen LogP contribution in [-0.4, -0.2) is 54.8 Å². The highest BCUT2D eigenvalue weighted by Gasteiger charge is 2.13. The third kappa shape index (κ3) is 8.70. The van der Waals surface area contributed by atoms with Crippen LogP contribution in [0, 0.1) is 0 Å². The Balaban J connectivity index is 0.00000484. The van der Waals surface area contributed by atoms with Crippen molar-refractivity contribution < 1.29 is 13.2 Å². The molecule has 0 aromatic heterocycles. The molecular formula is C13H22ClIN4O3S. The van der Waals surface area contributed by atoms with Crippen molar-refractivity contribution in [1.82, 2.24) is 15.4 Å². The van der Waals surface area contributed by atoms with Crippen molar-refractivity contribution in [3.8, 4) is 0 Å². The molecule has 1 rings (SSSR count). The maximum Gasteiger partial charge on any atom is 0.240 e. The standard InChI is InChI=1S/C13H21ClN4O3S.HI/c1-15-13(17-8-9-21-2)16-6-7-18-22(19,20)12-5-3-4-11(14)10-12;/h3-5,10,18H,6-9H2,1-2H3,(H2,15,16,17);1H. The van der Waals surface area contributed by atoms with Crippen LogP contribution in [0.3, 0.4) is 0 Å². The van der Waals surface area contributed by atoms with E-state index in [0.29, 0.717) is 30.7 Å². The number of benzene rings is 1. The molecule has 0 spiro atoms. The first kappa shape index (κ1) is 22.4. The van der Waals surface area contributed by atoms with Gasteiger partial charge in [0.1, 0.15) is 0 Å². The van der Waals surface area contributed by atoms with E-state index < -0.39 is 10.0 Å². The lowest BCUT2D eigenvalue weighted by Gasteiger charge is -2.12. The Labute approximate surface area is 159 Å². The van der Waals surface area contributed by atoms with Gasteiger partial charge in [-0.2, -0.15) is 0 Å². The van der Waals surface area contributed by atoms with Crippen LogP contribution < -0.4 is 15.4 Å². The van der Waals surface area contributed by atoms with Crippen LogP contribution in [-0.2, 0) is 14.8 Å². The first-order valence-electron chi connectivity index (χ1n) is 6.68. The van der Waals surface area contributed by atoms with Gasteiger partial charge in [-0.1, -0.05) is 17.7 Å². The fourth-order valence-corrected chi connectivity index (χ4v) is 2.91. The number of nitrogens with zero attached hydrogens (tertiary/aromatic N) is 1. The van der Waals surface area contributed by atoms with Gasteiger partial charge in [0, 0.05) is 38.8 Å². The largest absolute Gasteiger partial charge is 0.383 e. The second kappa shape index (κ2) is 11.8. The van der Waals surface area contributed by atoms with E-state index in [2.05, 4.69) is 20.3 Å². The highest BCUT2D eigenvalue weighted by atomic mass is 127. The topological polar surface area (TPSA) is 91.8 Å². The van der Waals surface area contributed by atoms with Crippen LogP contribution in [0.15, 0.2) is 34.2 Å². The van der Waals surface area contributed by atoms with E-state index in [4.69, 9.17) is 16.3 Å². The van der Waals surface area contributed by atoms with Crippen molar-refractivity contribution >= 4 is 51.6 Å². The third-order valence-electron chi connectivity index (χ3n) is 2.64. The zero-order valence-electron chi connectivity index (χ0n) is 13.0. The first-order chi connectivity index (χ1) is 10.5. The molecule has 1 aromatic rings. The summed E-state index contributed by atoms with van der Waals surface area (Å²) >= 11 is 5.79. The Bertz CT molecular complexity index is 599. The van der Waals surface area contributed by atoms with Gasteiger partial charge in [-0.05, 0) is 18.2 Å². The smallest absolute Gasteiger partial charge is 0.240 e. The van der Waals surface area contributed by atoms with Crippen LogP contribution in [0.1, 0.15) is 0 Å². The number of nitrogens with one attached hydrogen (secondary N) is 3. The number of aliphatic imine (C=N–C) groups is 1. The molecule has 0 heterocycles. The predicted octanol–water partition coefficient (Wildman–Crippen LogP) is 1.05. The molecule has 132 valence electrons. The molecule has 0 amide bonds. The summed E-state index contributed by atoms with van der Waals surface area (Å²) < 4.78 is 31.5. The van der Waals surface area contributed by atoms with Gasteiger partial charge in [0.15, 0.2) is 5.96 Å². The molecule has 0 saturated heterocycles. The van der Waals surface area contributed by atoms with Gasteiger partial charge >= 0.3 is 0 Å². The lowest BCUT2D eigenvalue weighted by molar-refractivity contribution is 0.203. The summed E-state index contributed by atoms with van der Waals surface area (Å²) in [5.41, 5.74) is 0. The Morgan fingerprint density at radius 3 is 2.57 bits per heavy atom. The summed E-state index contributed by atoms with van der Waals surface area (Å²) in [5, 5.41) is 6.40. The van der Waals surface area contributed by atoms with Crippen LogP contribution >= 0.6 is 35.6 Å². The average Bonchev–Trinajstić information content (AvgIpc) is 2.50. The van der Waals surface area contributed by atoms with E-state index in [1.165, 1.54) is 12.1 Å². The van der Waals surface area contributed by atoms with Crippen molar-refractivity contribution in [1.29, 1.82) is 0 Å². The molecule has 0 radical (unpaired) electrons. The van der Waals surface area contributed by atoms with E-state index in [0.717, 1.165) is 0 Å². The third-order valence-corrected chi connectivity index (χ3v) is 4.33. The monoisotopic (exact) mass is 476 g/mol. The van der Waals surface area contributed by atoms with E-state index in [1.54, 1.807) is 26.3 Å². The molecule has 0 atom stereocenters. The van der Waals surface area contributed by atoms with E-state index in [9.17, 15) is 8.42 Å². The van der Waals surface area contributed by atoms with E-state index in [1.807, 2.05) is 0 Å². The van der Waals surface area contributed by atoms with Crippen LogP contribution in [0.2, 0.25) is 5.02 Å². The van der Waals surface area contributed by atoms with Crippen LogP contribution in [0.5, 0.6) is 0 Å². The van der Waals surface area contributed by atoms with Gasteiger partial charge < -0.3 is 15.4 Å². The van der Waals surface area contributed by atoms with E-state index in [-0.39, 0.29) is 35.4 Å². The normalized spacial score (nSPS) is 11.7. The molecule has 10 heteroatoms. The minimum absolute atomic E-state index is 0. The minimum atomic E-state index is -3.56. The van der Waals surface area contributed by atoms with Crippen molar-refractivity contribution in [3.63, 3.8) is 0 Å². The van der Waals surface area contributed by atoms with E-state index >= 15 is 0 Å². The number of hydrogen-bond acceptors (Lipinski definition) is 4. The maximum absolute atomic E-state index is 12.0. The Hall–Kier alpha value is -0.620. The average molecular weight is 477 g/mol. The minimum Gasteiger partial charge on any atom is -0.383 e. The molecule has 0 aliphatic carbocycles. The molecule has 0 aliphatic heterocycles. The molecule has 0 aliphatic rings. The molecule has 0 fully saturated rings. The lowest BCUT2D eigenvalue weighted by atomic mass is 10.4. The van der Waals surface area contributed by atoms with Gasteiger partial charge in [0.2, 0.25) is 10.0 Å². The number of rotatable bonds is 8. The first-order valence-corrected chi connectivity index (χ1v) is 8.54. The SMILES string of the molecule is CN=C(NCCNS(=O)(=O)c1cccc(Cl)c1)NCCOC.I.